The van der Waals surface area contributed by atoms with Gasteiger partial charge in [0.1, 0.15) is 0 Å². The van der Waals surface area contributed by atoms with Crippen molar-refractivity contribution in [2.45, 2.75) is 19.3 Å². The third-order valence-corrected chi connectivity index (χ3v) is 4.76. The fourth-order valence-corrected chi connectivity index (χ4v) is 3.03. The van der Waals surface area contributed by atoms with Crippen LogP contribution in [0.25, 0.3) is 0 Å². The normalized spacial score (nSPS) is 10.5. The Kier molecular flexibility index (Phi) is 9.42. The average molecular weight is 442 g/mol. The molecule has 0 aliphatic heterocycles. The number of unbranched alkanes of at least 4 members (excludes halogenated alkanes) is 1. The predicted molar refractivity (Wildman–Crippen MR) is 132 cm³/mol. The molecule has 0 bridgehead atoms. The van der Waals surface area contributed by atoms with E-state index < -0.39 is 0 Å². The van der Waals surface area contributed by atoms with Crippen LogP contribution in [0, 0.1) is 0 Å². The van der Waals surface area contributed by atoms with Gasteiger partial charge in [-0.2, -0.15) is 0 Å². The van der Waals surface area contributed by atoms with Gasteiger partial charge in [0.05, 0.1) is 0 Å². The summed E-state index contributed by atoms with van der Waals surface area (Å²) in [4.78, 5) is 28.4. The number of nitrogens with zero attached hydrogens (tertiary/aromatic N) is 2. The highest BCUT2D eigenvalue weighted by Gasteiger charge is 2.09. The molecule has 0 radical (unpaired) electrons. The van der Waals surface area contributed by atoms with Crippen LogP contribution in [-0.4, -0.2) is 56.6 Å². The molecule has 0 saturated heterocycles. The van der Waals surface area contributed by atoms with Gasteiger partial charge in [-0.25, -0.2) is 0 Å². The van der Waals surface area contributed by atoms with Gasteiger partial charge in [-0.05, 0) is 94.2 Å². The highest BCUT2D eigenvalue weighted by Crippen LogP contribution is 2.15. The first kappa shape index (κ1) is 24.3. The van der Waals surface area contributed by atoms with Gasteiger partial charge in [0.15, 0.2) is 5.11 Å². The van der Waals surface area contributed by atoms with Crippen LogP contribution in [-0.2, 0) is 4.79 Å². The molecule has 0 heterocycles. The monoisotopic (exact) mass is 441 g/mol. The summed E-state index contributed by atoms with van der Waals surface area (Å²) in [7, 11) is 7.93. The van der Waals surface area contributed by atoms with Crippen molar-refractivity contribution in [1.82, 2.24) is 10.2 Å². The number of anilines is 3. The van der Waals surface area contributed by atoms with Gasteiger partial charge in [0.25, 0.3) is 5.91 Å². The maximum atomic E-state index is 12.3. The quantitative estimate of drug-likeness (QED) is 0.408. The van der Waals surface area contributed by atoms with Crippen molar-refractivity contribution in [2.75, 3.05) is 50.3 Å². The van der Waals surface area contributed by atoms with Crippen molar-refractivity contribution in [1.29, 1.82) is 0 Å². The molecule has 0 aliphatic carbocycles. The molecule has 2 aromatic rings. The van der Waals surface area contributed by atoms with Crippen LogP contribution < -0.4 is 20.9 Å². The van der Waals surface area contributed by atoms with Gasteiger partial charge >= 0.3 is 0 Å². The summed E-state index contributed by atoms with van der Waals surface area (Å²) in [6, 6.07) is 14.4. The van der Waals surface area contributed by atoms with E-state index in [1.807, 2.05) is 45.2 Å². The molecule has 31 heavy (non-hydrogen) atoms. The van der Waals surface area contributed by atoms with Crippen LogP contribution in [0.3, 0.4) is 0 Å². The van der Waals surface area contributed by atoms with Crippen molar-refractivity contribution in [3.63, 3.8) is 0 Å². The molecule has 0 aliphatic rings. The highest BCUT2D eigenvalue weighted by atomic mass is 32.1. The number of carbonyl (C=O) groups is 2. The fraction of sp³-hybridized carbons (Fsp3) is 0.348. The molecule has 2 amide bonds. The Balaban J connectivity index is 1.79. The minimum absolute atomic E-state index is 0.00235. The SMILES string of the molecule is CN(C)CCCCC(=O)Nc1ccc(NC(=S)NC(=O)c2ccc(N(C)C)cc2)cc1. The number of benzene rings is 2. The topological polar surface area (TPSA) is 76.7 Å². The Morgan fingerprint density at radius 2 is 1.42 bits per heavy atom. The zero-order chi connectivity index (χ0) is 22.8. The predicted octanol–water partition coefficient (Wildman–Crippen LogP) is 3.55. The van der Waals surface area contributed by atoms with Gasteiger partial charge in [0.2, 0.25) is 5.91 Å². The second-order valence-corrected chi connectivity index (χ2v) is 8.14. The average Bonchev–Trinajstić information content (AvgIpc) is 2.72. The van der Waals surface area contributed by atoms with Crippen molar-refractivity contribution in [2.24, 2.45) is 0 Å². The summed E-state index contributed by atoms with van der Waals surface area (Å²) in [5.74, 6) is -0.275. The maximum absolute atomic E-state index is 12.3. The molecule has 3 N–H and O–H groups in total. The van der Waals surface area contributed by atoms with Crippen LogP contribution in [0.15, 0.2) is 48.5 Å². The molecule has 0 unspecified atom stereocenters. The summed E-state index contributed by atoms with van der Waals surface area (Å²) < 4.78 is 0. The molecule has 0 atom stereocenters. The molecule has 2 aromatic carbocycles. The van der Waals surface area contributed by atoms with E-state index in [2.05, 4.69) is 20.9 Å². The lowest BCUT2D eigenvalue weighted by molar-refractivity contribution is -0.116. The summed E-state index contributed by atoms with van der Waals surface area (Å²) in [6.45, 7) is 0.978. The van der Waals surface area contributed by atoms with Crippen LogP contribution in [0.2, 0.25) is 0 Å². The standard InChI is InChI=1S/C23H31N5O2S/c1-27(2)16-6-5-7-21(29)24-18-10-12-19(13-11-18)25-23(31)26-22(30)17-8-14-20(15-9-17)28(3)4/h8-15H,5-7,16H2,1-4H3,(H,24,29)(H2,25,26,30,31). The first-order valence-corrected chi connectivity index (χ1v) is 10.6. The molecule has 0 aromatic heterocycles. The van der Waals surface area contributed by atoms with Gasteiger partial charge in [-0.1, -0.05) is 0 Å². The van der Waals surface area contributed by atoms with E-state index in [0.717, 1.165) is 36.4 Å². The van der Waals surface area contributed by atoms with Crippen molar-refractivity contribution >= 4 is 46.2 Å². The van der Waals surface area contributed by atoms with Crippen LogP contribution >= 0.6 is 12.2 Å². The Morgan fingerprint density at radius 1 is 0.839 bits per heavy atom. The van der Waals surface area contributed by atoms with Gasteiger partial charge in [-0.3, -0.25) is 14.9 Å². The zero-order valence-corrected chi connectivity index (χ0v) is 19.4. The number of carbonyl (C=O) groups excluding carboxylic acids is 2. The van der Waals surface area contributed by atoms with Gasteiger partial charge < -0.3 is 20.4 Å². The lowest BCUT2D eigenvalue weighted by Gasteiger charge is -2.13. The van der Waals surface area contributed by atoms with Crippen molar-refractivity contribution in [3.8, 4) is 0 Å². The van der Waals surface area contributed by atoms with E-state index in [0.29, 0.717) is 12.0 Å². The molecule has 0 fully saturated rings. The molecule has 0 spiro atoms. The first-order chi connectivity index (χ1) is 14.7. The minimum atomic E-state index is -0.277. The van der Waals surface area contributed by atoms with Crippen LogP contribution in [0.1, 0.15) is 29.6 Å². The third-order valence-electron chi connectivity index (χ3n) is 4.56. The first-order valence-electron chi connectivity index (χ1n) is 10.2. The number of hydrogen-bond donors (Lipinski definition) is 3. The smallest absolute Gasteiger partial charge is 0.257 e. The lowest BCUT2D eigenvalue weighted by atomic mass is 10.2. The Bertz CT molecular complexity index is 880. The Morgan fingerprint density at radius 3 is 1.97 bits per heavy atom. The molecular weight excluding hydrogens is 410 g/mol. The molecule has 0 saturated carbocycles. The Labute approximate surface area is 189 Å². The van der Waals surface area contributed by atoms with E-state index in [1.54, 1.807) is 36.4 Å². The van der Waals surface area contributed by atoms with Crippen molar-refractivity contribution in [3.05, 3.63) is 54.1 Å². The van der Waals surface area contributed by atoms with E-state index in [1.165, 1.54) is 0 Å². The molecule has 2 rings (SSSR count). The maximum Gasteiger partial charge on any atom is 0.257 e. The number of nitrogens with one attached hydrogen (secondary N) is 3. The van der Waals surface area contributed by atoms with E-state index >= 15 is 0 Å². The van der Waals surface area contributed by atoms with Crippen LogP contribution in [0.4, 0.5) is 17.1 Å². The fourth-order valence-electron chi connectivity index (χ4n) is 2.82. The highest BCUT2D eigenvalue weighted by molar-refractivity contribution is 7.80. The summed E-state index contributed by atoms with van der Waals surface area (Å²) in [5, 5.41) is 8.75. The second kappa shape index (κ2) is 12.0. The minimum Gasteiger partial charge on any atom is -0.378 e. The number of thiocarbonyl (C=S) groups is 1. The second-order valence-electron chi connectivity index (χ2n) is 7.74. The number of amides is 2. The zero-order valence-electron chi connectivity index (χ0n) is 18.6. The molecule has 166 valence electrons. The third kappa shape index (κ3) is 8.74. The van der Waals surface area contributed by atoms with E-state index in [9.17, 15) is 9.59 Å². The molecular formula is C23H31N5O2S. The van der Waals surface area contributed by atoms with E-state index in [-0.39, 0.29) is 16.9 Å². The summed E-state index contributed by atoms with van der Waals surface area (Å²) in [6.07, 6.45) is 2.35. The van der Waals surface area contributed by atoms with Crippen LogP contribution in [0.5, 0.6) is 0 Å². The molecule has 8 heteroatoms. The largest absolute Gasteiger partial charge is 0.378 e. The van der Waals surface area contributed by atoms with Crippen molar-refractivity contribution < 1.29 is 9.59 Å². The Hall–Kier alpha value is -2.97. The molecule has 7 nitrogen and oxygen atoms in total. The lowest BCUT2D eigenvalue weighted by Crippen LogP contribution is -2.34. The summed E-state index contributed by atoms with van der Waals surface area (Å²) in [5.41, 5.74) is 2.98. The van der Waals surface area contributed by atoms with Gasteiger partial charge in [0, 0.05) is 43.1 Å². The summed E-state index contributed by atoms with van der Waals surface area (Å²) >= 11 is 5.24. The van der Waals surface area contributed by atoms with Gasteiger partial charge in [-0.15, -0.1) is 0 Å². The number of rotatable bonds is 9. The number of hydrogen-bond acceptors (Lipinski definition) is 5. The van der Waals surface area contributed by atoms with E-state index in [4.69, 9.17) is 12.2 Å².